The van der Waals surface area contributed by atoms with E-state index in [4.69, 9.17) is 5.73 Å². The standard InChI is InChI=1S/C24H21N5O2/c25-14-20-19(13-21(28-24(20)26)18-8-1-2-9-22(18)30)16-6-5-7-17(12-16)27-23(31)15-29-10-3-4-11-29/h1-9,12-13,30H,10-11,15H2,(H2,26,28)(H,27,31). The number of nitriles is 1. The van der Waals surface area contributed by atoms with Gasteiger partial charge in [0.25, 0.3) is 0 Å². The van der Waals surface area contributed by atoms with Crippen LogP contribution in [0.25, 0.3) is 22.4 Å². The summed E-state index contributed by atoms with van der Waals surface area (Å²) in [5.41, 5.74) is 9.20. The first-order valence-electron chi connectivity index (χ1n) is 9.82. The third kappa shape index (κ3) is 4.39. The molecule has 1 aliphatic heterocycles. The van der Waals surface area contributed by atoms with Gasteiger partial charge in [0, 0.05) is 29.9 Å². The van der Waals surface area contributed by atoms with Crippen molar-refractivity contribution in [3.63, 3.8) is 0 Å². The maximum Gasteiger partial charge on any atom is 0.238 e. The quantitative estimate of drug-likeness (QED) is 0.555. The van der Waals surface area contributed by atoms with E-state index in [1.165, 1.54) is 0 Å². The van der Waals surface area contributed by atoms with Gasteiger partial charge in [-0.15, -0.1) is 0 Å². The molecule has 0 saturated carbocycles. The largest absolute Gasteiger partial charge is 0.507 e. The molecule has 0 bridgehead atoms. The van der Waals surface area contributed by atoms with E-state index >= 15 is 0 Å². The van der Waals surface area contributed by atoms with E-state index in [0.29, 0.717) is 34.6 Å². The number of anilines is 2. The Morgan fingerprint density at radius 2 is 1.90 bits per heavy atom. The molecule has 1 aliphatic rings. The number of aromatic nitrogens is 1. The number of para-hydroxylation sites is 1. The fourth-order valence-electron chi connectivity index (χ4n) is 3.56. The highest BCUT2D eigenvalue weighted by Crippen LogP contribution is 2.35. The second kappa shape index (κ2) is 8.69. The molecule has 2 heterocycles. The predicted octanol–water partition coefficient (Wildman–Crippen LogP) is 3.39. The molecular formula is C24H21N5O2. The minimum atomic E-state index is -0.106. The Bertz CT molecular complexity index is 1200. The summed E-state index contributed by atoms with van der Waals surface area (Å²) in [6, 6.07) is 17.9. The highest BCUT2D eigenvalue weighted by Gasteiger charge is 2.16. The molecule has 7 heteroatoms. The molecular weight excluding hydrogens is 390 g/mol. The maximum absolute atomic E-state index is 12.4. The van der Waals surface area contributed by atoms with E-state index in [1.807, 2.05) is 23.1 Å². The number of nitrogens with two attached hydrogens (primary N) is 1. The Morgan fingerprint density at radius 3 is 2.65 bits per heavy atom. The molecule has 2 aromatic carbocycles. The van der Waals surface area contributed by atoms with Crippen molar-refractivity contribution in [2.45, 2.75) is 0 Å². The summed E-state index contributed by atoms with van der Waals surface area (Å²) >= 11 is 0. The molecule has 0 fully saturated rings. The lowest BCUT2D eigenvalue weighted by atomic mass is 9.98. The summed E-state index contributed by atoms with van der Waals surface area (Å²) in [6.45, 7) is 1.84. The molecule has 0 saturated heterocycles. The number of phenols is 1. The molecule has 3 aromatic rings. The average Bonchev–Trinajstić information content (AvgIpc) is 3.26. The number of nitrogen functional groups attached to an aromatic ring is 1. The molecule has 154 valence electrons. The second-order valence-corrected chi connectivity index (χ2v) is 7.24. The lowest BCUT2D eigenvalue weighted by Crippen LogP contribution is -2.31. The van der Waals surface area contributed by atoms with E-state index < -0.39 is 0 Å². The molecule has 4 N–H and O–H groups in total. The molecule has 1 aromatic heterocycles. The van der Waals surface area contributed by atoms with Crippen LogP contribution in [0.2, 0.25) is 0 Å². The topological polar surface area (TPSA) is 115 Å². The summed E-state index contributed by atoms with van der Waals surface area (Å²) in [7, 11) is 0. The SMILES string of the molecule is N#Cc1c(-c2cccc(NC(=O)CN3CC=CC3)c2)cc(-c2ccccc2O)nc1N. The van der Waals surface area contributed by atoms with E-state index in [0.717, 1.165) is 13.1 Å². The van der Waals surface area contributed by atoms with Crippen LogP contribution in [0, 0.1) is 11.3 Å². The Hall–Kier alpha value is -4.15. The number of nitrogens with zero attached hydrogens (tertiary/aromatic N) is 3. The van der Waals surface area contributed by atoms with Gasteiger partial charge in [-0.1, -0.05) is 36.4 Å². The van der Waals surface area contributed by atoms with Crippen LogP contribution in [0.4, 0.5) is 11.5 Å². The summed E-state index contributed by atoms with van der Waals surface area (Å²) in [4.78, 5) is 18.7. The second-order valence-electron chi connectivity index (χ2n) is 7.24. The molecule has 31 heavy (non-hydrogen) atoms. The zero-order valence-corrected chi connectivity index (χ0v) is 16.7. The van der Waals surface area contributed by atoms with Gasteiger partial charge in [-0.25, -0.2) is 4.98 Å². The fourth-order valence-corrected chi connectivity index (χ4v) is 3.56. The number of pyridine rings is 1. The normalized spacial score (nSPS) is 13.1. The van der Waals surface area contributed by atoms with Crippen LogP contribution >= 0.6 is 0 Å². The van der Waals surface area contributed by atoms with Crippen LogP contribution in [0.5, 0.6) is 5.75 Å². The van der Waals surface area contributed by atoms with Gasteiger partial charge in [-0.2, -0.15) is 5.26 Å². The molecule has 0 aliphatic carbocycles. The van der Waals surface area contributed by atoms with E-state index in [2.05, 4.69) is 16.4 Å². The van der Waals surface area contributed by atoms with Gasteiger partial charge in [0.05, 0.1) is 12.2 Å². The third-order valence-corrected chi connectivity index (χ3v) is 5.06. The van der Waals surface area contributed by atoms with Crippen molar-refractivity contribution in [3.05, 3.63) is 72.3 Å². The van der Waals surface area contributed by atoms with E-state index in [1.54, 1.807) is 48.5 Å². The molecule has 0 radical (unpaired) electrons. The number of hydrogen-bond acceptors (Lipinski definition) is 6. The number of carbonyl (C=O) groups excluding carboxylic acids is 1. The smallest absolute Gasteiger partial charge is 0.238 e. The lowest BCUT2D eigenvalue weighted by molar-refractivity contribution is -0.117. The van der Waals surface area contributed by atoms with Crippen LogP contribution in [0.15, 0.2) is 66.7 Å². The summed E-state index contributed by atoms with van der Waals surface area (Å²) in [5.74, 6) is 0.0437. The first-order valence-corrected chi connectivity index (χ1v) is 9.82. The summed E-state index contributed by atoms with van der Waals surface area (Å²) < 4.78 is 0. The molecule has 1 amide bonds. The van der Waals surface area contributed by atoms with Gasteiger partial charge in [-0.05, 0) is 35.9 Å². The van der Waals surface area contributed by atoms with Crippen LogP contribution in [0.1, 0.15) is 5.56 Å². The lowest BCUT2D eigenvalue weighted by Gasteiger charge is -2.15. The summed E-state index contributed by atoms with van der Waals surface area (Å²) in [5, 5.41) is 22.8. The number of phenolic OH excluding ortho intramolecular Hbond substituents is 1. The first-order chi connectivity index (χ1) is 15.0. The van der Waals surface area contributed by atoms with E-state index in [-0.39, 0.29) is 23.0 Å². The van der Waals surface area contributed by atoms with Crippen molar-refractivity contribution in [2.75, 3.05) is 30.7 Å². The zero-order chi connectivity index (χ0) is 21.8. The van der Waals surface area contributed by atoms with Gasteiger partial charge in [0.15, 0.2) is 0 Å². The van der Waals surface area contributed by atoms with Gasteiger partial charge >= 0.3 is 0 Å². The first kappa shape index (κ1) is 20.1. The fraction of sp³-hybridized carbons (Fsp3) is 0.125. The number of hydrogen-bond donors (Lipinski definition) is 3. The Morgan fingerprint density at radius 1 is 1.13 bits per heavy atom. The number of benzene rings is 2. The average molecular weight is 411 g/mol. The molecule has 0 atom stereocenters. The number of carbonyl (C=O) groups is 1. The molecule has 4 rings (SSSR count). The predicted molar refractivity (Wildman–Crippen MR) is 120 cm³/mol. The van der Waals surface area contributed by atoms with Crippen molar-refractivity contribution < 1.29 is 9.90 Å². The monoisotopic (exact) mass is 411 g/mol. The maximum atomic E-state index is 12.4. The van der Waals surface area contributed by atoms with Crippen LogP contribution in [-0.4, -0.2) is 40.5 Å². The van der Waals surface area contributed by atoms with Crippen molar-refractivity contribution >= 4 is 17.4 Å². The van der Waals surface area contributed by atoms with Crippen molar-refractivity contribution in [1.29, 1.82) is 5.26 Å². The number of aromatic hydroxyl groups is 1. The van der Waals surface area contributed by atoms with Gasteiger partial charge in [-0.3, -0.25) is 9.69 Å². The highest BCUT2D eigenvalue weighted by atomic mass is 16.3. The summed E-state index contributed by atoms with van der Waals surface area (Å²) in [6.07, 6.45) is 4.07. The molecule has 0 spiro atoms. The molecule has 0 unspecified atom stereocenters. The number of nitrogens with one attached hydrogen (secondary N) is 1. The van der Waals surface area contributed by atoms with Crippen molar-refractivity contribution in [3.8, 4) is 34.2 Å². The Kier molecular flexibility index (Phi) is 5.65. The zero-order valence-electron chi connectivity index (χ0n) is 16.7. The van der Waals surface area contributed by atoms with Crippen LogP contribution in [-0.2, 0) is 4.79 Å². The third-order valence-electron chi connectivity index (χ3n) is 5.06. The Labute approximate surface area is 180 Å². The highest BCUT2D eigenvalue weighted by molar-refractivity contribution is 5.93. The van der Waals surface area contributed by atoms with Gasteiger partial charge < -0.3 is 16.2 Å². The van der Waals surface area contributed by atoms with Crippen molar-refractivity contribution in [2.24, 2.45) is 0 Å². The minimum Gasteiger partial charge on any atom is -0.507 e. The molecule has 7 nitrogen and oxygen atoms in total. The Balaban J connectivity index is 1.67. The van der Waals surface area contributed by atoms with E-state index in [9.17, 15) is 15.2 Å². The van der Waals surface area contributed by atoms with Gasteiger partial charge in [0.2, 0.25) is 5.91 Å². The number of rotatable bonds is 5. The van der Waals surface area contributed by atoms with Gasteiger partial charge in [0.1, 0.15) is 23.2 Å². The minimum absolute atomic E-state index is 0.0717. The van der Waals surface area contributed by atoms with Crippen molar-refractivity contribution in [1.82, 2.24) is 9.88 Å². The van der Waals surface area contributed by atoms with Crippen LogP contribution < -0.4 is 11.1 Å². The number of amides is 1. The van der Waals surface area contributed by atoms with Crippen LogP contribution in [0.3, 0.4) is 0 Å².